The molecule has 2 N–H and O–H groups in total. The molecule has 2 aromatic rings. The van der Waals surface area contributed by atoms with Gasteiger partial charge in [0.15, 0.2) is 0 Å². The number of anilines is 1. The first-order valence-corrected chi connectivity index (χ1v) is 6.73. The van der Waals surface area contributed by atoms with Gasteiger partial charge in [0.2, 0.25) is 5.88 Å². The molecule has 18 heavy (non-hydrogen) atoms. The summed E-state index contributed by atoms with van der Waals surface area (Å²) in [6, 6.07) is 9.40. The number of methoxy groups -OCH3 is 1. The van der Waals surface area contributed by atoms with E-state index in [4.69, 9.17) is 22.1 Å². The molecule has 1 aromatic heterocycles. The minimum Gasteiger partial charge on any atom is -0.481 e. The van der Waals surface area contributed by atoms with E-state index in [2.05, 4.69) is 4.98 Å². The van der Waals surface area contributed by atoms with Gasteiger partial charge in [-0.3, -0.25) is 0 Å². The van der Waals surface area contributed by atoms with Crippen molar-refractivity contribution in [1.29, 1.82) is 0 Å². The van der Waals surface area contributed by atoms with Gasteiger partial charge in [-0.1, -0.05) is 17.7 Å². The lowest BCUT2D eigenvalue weighted by Crippen LogP contribution is -1.93. The van der Waals surface area contributed by atoms with Crippen molar-refractivity contribution in [1.82, 2.24) is 4.98 Å². The van der Waals surface area contributed by atoms with Crippen LogP contribution in [0.25, 0.3) is 0 Å². The van der Waals surface area contributed by atoms with Gasteiger partial charge in [0.25, 0.3) is 0 Å². The van der Waals surface area contributed by atoms with Crippen molar-refractivity contribution in [3.8, 4) is 5.88 Å². The Kier molecular flexibility index (Phi) is 4.33. The second kappa shape index (κ2) is 5.98. The molecule has 0 aliphatic carbocycles. The maximum absolute atomic E-state index is 6.12. The number of hydrogen-bond acceptors (Lipinski definition) is 4. The number of benzene rings is 1. The summed E-state index contributed by atoms with van der Waals surface area (Å²) in [5.74, 6) is 1.40. The van der Waals surface area contributed by atoms with Crippen molar-refractivity contribution in [3.05, 3.63) is 47.1 Å². The number of ether oxygens (including phenoxy) is 1. The van der Waals surface area contributed by atoms with E-state index in [0.29, 0.717) is 16.6 Å². The molecule has 0 atom stereocenters. The molecule has 1 aromatic carbocycles. The van der Waals surface area contributed by atoms with E-state index >= 15 is 0 Å². The molecule has 5 heteroatoms. The van der Waals surface area contributed by atoms with Crippen molar-refractivity contribution < 1.29 is 4.74 Å². The first kappa shape index (κ1) is 13.1. The molecule has 0 unspecified atom stereocenters. The molecule has 0 amide bonds. The lowest BCUT2D eigenvalue weighted by Gasteiger charge is -2.08. The highest BCUT2D eigenvalue weighted by Gasteiger charge is 2.06. The van der Waals surface area contributed by atoms with Gasteiger partial charge in [0.1, 0.15) is 0 Å². The van der Waals surface area contributed by atoms with Crippen LogP contribution >= 0.6 is 23.4 Å². The average Bonchev–Trinajstić information content (AvgIpc) is 2.38. The summed E-state index contributed by atoms with van der Waals surface area (Å²) in [5, 5.41) is 0.669. The molecule has 3 nitrogen and oxygen atoms in total. The second-order valence-electron chi connectivity index (χ2n) is 3.65. The van der Waals surface area contributed by atoms with Gasteiger partial charge in [-0.25, -0.2) is 4.98 Å². The maximum atomic E-state index is 6.12. The van der Waals surface area contributed by atoms with Crippen LogP contribution in [0.3, 0.4) is 0 Å². The van der Waals surface area contributed by atoms with Crippen molar-refractivity contribution in [3.63, 3.8) is 0 Å². The van der Waals surface area contributed by atoms with Gasteiger partial charge in [-0.15, -0.1) is 11.8 Å². The molecule has 0 saturated carbocycles. The van der Waals surface area contributed by atoms with Gasteiger partial charge in [0.05, 0.1) is 12.1 Å². The highest BCUT2D eigenvalue weighted by atomic mass is 35.5. The van der Waals surface area contributed by atoms with E-state index in [0.717, 1.165) is 16.2 Å². The summed E-state index contributed by atoms with van der Waals surface area (Å²) >= 11 is 7.75. The van der Waals surface area contributed by atoms with Gasteiger partial charge >= 0.3 is 0 Å². The fourth-order valence-corrected chi connectivity index (χ4v) is 2.75. The normalized spacial score (nSPS) is 10.3. The van der Waals surface area contributed by atoms with Crippen molar-refractivity contribution in [2.24, 2.45) is 0 Å². The quantitative estimate of drug-likeness (QED) is 0.686. The smallest absolute Gasteiger partial charge is 0.217 e. The van der Waals surface area contributed by atoms with Crippen LogP contribution in [-0.2, 0) is 5.75 Å². The van der Waals surface area contributed by atoms with E-state index in [9.17, 15) is 0 Å². The van der Waals surface area contributed by atoms with E-state index in [1.54, 1.807) is 31.1 Å². The number of nitrogens with zero attached hydrogens (tertiary/aromatic N) is 1. The van der Waals surface area contributed by atoms with E-state index < -0.39 is 0 Å². The predicted octanol–water partition coefficient (Wildman–Crippen LogP) is 3.62. The zero-order valence-corrected chi connectivity index (χ0v) is 11.5. The number of thioether (sulfide) groups is 1. The van der Waals surface area contributed by atoms with E-state index in [1.807, 2.05) is 24.3 Å². The van der Waals surface area contributed by atoms with Crippen LogP contribution in [0.2, 0.25) is 5.02 Å². The Morgan fingerprint density at radius 3 is 2.94 bits per heavy atom. The molecule has 0 aliphatic rings. The Balaban J connectivity index is 2.11. The van der Waals surface area contributed by atoms with Crippen LogP contribution in [-0.4, -0.2) is 12.1 Å². The van der Waals surface area contributed by atoms with Crippen LogP contribution < -0.4 is 10.5 Å². The zero-order valence-electron chi connectivity index (χ0n) is 9.89. The lowest BCUT2D eigenvalue weighted by molar-refractivity contribution is 0.394. The summed E-state index contributed by atoms with van der Waals surface area (Å²) in [6.45, 7) is 0. The highest BCUT2D eigenvalue weighted by molar-refractivity contribution is 7.98. The third kappa shape index (κ3) is 3.09. The predicted molar refractivity (Wildman–Crippen MR) is 76.2 cm³/mol. The van der Waals surface area contributed by atoms with Crippen molar-refractivity contribution >= 4 is 29.1 Å². The summed E-state index contributed by atoms with van der Waals surface area (Å²) < 4.78 is 5.21. The topological polar surface area (TPSA) is 48.1 Å². The van der Waals surface area contributed by atoms with Crippen molar-refractivity contribution in [2.45, 2.75) is 10.6 Å². The Morgan fingerprint density at radius 2 is 2.22 bits per heavy atom. The lowest BCUT2D eigenvalue weighted by atomic mass is 10.3. The number of hydrogen-bond donors (Lipinski definition) is 1. The largest absolute Gasteiger partial charge is 0.481 e. The second-order valence-corrected chi connectivity index (χ2v) is 5.07. The third-order valence-corrected chi connectivity index (χ3v) is 3.93. The van der Waals surface area contributed by atoms with Crippen LogP contribution in [0.15, 0.2) is 41.4 Å². The standard InChI is InChI=1S/C13H13ClN2OS/c1-17-13-9(3-2-6-16-13)8-18-12-5-4-10(15)7-11(12)14/h2-7H,8,15H2,1H3. The highest BCUT2D eigenvalue weighted by Crippen LogP contribution is 2.32. The number of halogens is 1. The summed E-state index contributed by atoms with van der Waals surface area (Å²) in [7, 11) is 1.62. The molecule has 0 bridgehead atoms. The summed E-state index contributed by atoms with van der Waals surface area (Å²) in [6.07, 6.45) is 1.71. The molecule has 0 radical (unpaired) electrons. The Morgan fingerprint density at radius 1 is 1.39 bits per heavy atom. The Labute approximate surface area is 115 Å². The molecule has 2 rings (SSSR count). The van der Waals surface area contributed by atoms with Gasteiger partial charge in [-0.2, -0.15) is 0 Å². The number of nitrogens with two attached hydrogens (primary N) is 1. The van der Waals surface area contributed by atoms with Crippen LogP contribution in [0, 0.1) is 0 Å². The average molecular weight is 281 g/mol. The first-order valence-electron chi connectivity index (χ1n) is 5.36. The van der Waals surface area contributed by atoms with Gasteiger partial charge < -0.3 is 10.5 Å². The minimum atomic E-state index is 0.650. The SMILES string of the molecule is COc1ncccc1CSc1ccc(N)cc1Cl. The summed E-state index contributed by atoms with van der Waals surface area (Å²) in [5.41, 5.74) is 7.37. The Hall–Kier alpha value is -1.39. The van der Waals surface area contributed by atoms with Crippen molar-refractivity contribution in [2.75, 3.05) is 12.8 Å². The molecule has 0 spiro atoms. The fraction of sp³-hybridized carbons (Fsp3) is 0.154. The maximum Gasteiger partial charge on any atom is 0.217 e. The molecule has 0 fully saturated rings. The van der Waals surface area contributed by atoms with Gasteiger partial charge in [0, 0.05) is 28.1 Å². The number of aromatic nitrogens is 1. The van der Waals surface area contributed by atoms with Crippen LogP contribution in [0.1, 0.15) is 5.56 Å². The van der Waals surface area contributed by atoms with Gasteiger partial charge in [-0.05, 0) is 24.3 Å². The third-order valence-electron chi connectivity index (χ3n) is 2.38. The molecule has 0 saturated heterocycles. The number of rotatable bonds is 4. The van der Waals surface area contributed by atoms with Crippen LogP contribution in [0.4, 0.5) is 5.69 Å². The molecule has 0 aliphatic heterocycles. The first-order chi connectivity index (χ1) is 8.70. The zero-order chi connectivity index (χ0) is 13.0. The molecular weight excluding hydrogens is 268 g/mol. The monoisotopic (exact) mass is 280 g/mol. The minimum absolute atomic E-state index is 0.650. The molecule has 1 heterocycles. The summed E-state index contributed by atoms with van der Waals surface area (Å²) in [4.78, 5) is 5.15. The number of nitrogen functional groups attached to an aromatic ring is 1. The molecular formula is C13H13ClN2OS. The van der Waals surface area contributed by atoms with E-state index in [-0.39, 0.29) is 0 Å². The Bertz CT molecular complexity index is 548. The number of pyridine rings is 1. The molecule has 94 valence electrons. The van der Waals surface area contributed by atoms with Crippen LogP contribution in [0.5, 0.6) is 5.88 Å². The fourth-order valence-electron chi connectivity index (χ4n) is 1.51. The van der Waals surface area contributed by atoms with E-state index in [1.165, 1.54) is 0 Å².